The third-order valence-electron chi connectivity index (χ3n) is 1.84. The summed E-state index contributed by atoms with van der Waals surface area (Å²) in [5.41, 5.74) is 0.992. The van der Waals surface area contributed by atoms with Crippen LogP contribution in [-0.2, 0) is 11.2 Å². The molecule has 0 unspecified atom stereocenters. The van der Waals surface area contributed by atoms with Gasteiger partial charge in [-0.25, -0.2) is 4.98 Å². The van der Waals surface area contributed by atoms with Crippen molar-refractivity contribution in [3.63, 3.8) is 0 Å². The Balaban J connectivity index is 2.70. The number of aromatic nitrogens is 2. The minimum Gasteiger partial charge on any atom is -0.303 e. The third-order valence-corrected chi connectivity index (χ3v) is 2.46. The number of aldehydes is 1. The van der Waals surface area contributed by atoms with Crippen LogP contribution in [0.15, 0.2) is 29.0 Å². The number of carbonyl (C=O) groups is 1. The molecular weight excluding hydrogens is 232 g/mol. The van der Waals surface area contributed by atoms with Gasteiger partial charge < -0.3 is 4.79 Å². The van der Waals surface area contributed by atoms with Gasteiger partial charge in [-0.2, -0.15) is 0 Å². The average molecular weight is 239 g/mol. The molecule has 0 bridgehead atoms. The fourth-order valence-electron chi connectivity index (χ4n) is 1.29. The molecule has 0 aliphatic carbocycles. The maximum absolute atomic E-state index is 10.4. The predicted octanol–water partition coefficient (Wildman–Crippen LogP) is 1.84. The van der Waals surface area contributed by atoms with E-state index in [4.69, 9.17) is 0 Å². The summed E-state index contributed by atoms with van der Waals surface area (Å²) in [6, 6.07) is 5.81. The molecule has 0 atom stereocenters. The summed E-state index contributed by atoms with van der Waals surface area (Å²) in [5, 5.41) is 0. The highest BCUT2D eigenvalue weighted by molar-refractivity contribution is 9.10. The number of halogens is 1. The monoisotopic (exact) mass is 238 g/mol. The lowest BCUT2D eigenvalue weighted by Crippen LogP contribution is -1.96. The van der Waals surface area contributed by atoms with Crippen molar-refractivity contribution in [2.45, 2.75) is 6.42 Å². The molecule has 4 heteroatoms. The third kappa shape index (κ3) is 1.37. The van der Waals surface area contributed by atoms with Crippen LogP contribution >= 0.6 is 15.9 Å². The van der Waals surface area contributed by atoms with E-state index in [1.165, 1.54) is 0 Å². The maximum atomic E-state index is 10.4. The van der Waals surface area contributed by atoms with Gasteiger partial charge in [0.1, 0.15) is 12.1 Å². The van der Waals surface area contributed by atoms with Crippen LogP contribution in [0.5, 0.6) is 0 Å². The van der Waals surface area contributed by atoms with E-state index in [9.17, 15) is 4.79 Å². The van der Waals surface area contributed by atoms with Crippen LogP contribution in [-0.4, -0.2) is 15.7 Å². The molecular formula is C9H7BrN2O. The van der Waals surface area contributed by atoms with Crippen LogP contribution in [0.1, 0.15) is 5.82 Å². The molecule has 0 N–H and O–H groups in total. The summed E-state index contributed by atoms with van der Waals surface area (Å²) < 4.78 is 2.83. The van der Waals surface area contributed by atoms with Gasteiger partial charge in [0.15, 0.2) is 0 Å². The Bertz CT molecular complexity index is 450. The van der Waals surface area contributed by atoms with Gasteiger partial charge in [0, 0.05) is 0 Å². The van der Waals surface area contributed by atoms with Gasteiger partial charge in [0.2, 0.25) is 0 Å². The number of imidazole rings is 1. The molecule has 0 amide bonds. The summed E-state index contributed by atoms with van der Waals surface area (Å²) >= 11 is 3.40. The fraction of sp³-hybridized carbons (Fsp3) is 0.111. The largest absolute Gasteiger partial charge is 0.303 e. The van der Waals surface area contributed by atoms with Crippen LogP contribution < -0.4 is 0 Å². The highest BCUT2D eigenvalue weighted by Gasteiger charge is 2.04. The number of rotatable bonds is 2. The Labute approximate surface area is 83.5 Å². The molecule has 0 fully saturated rings. The summed E-state index contributed by atoms with van der Waals surface area (Å²) in [4.78, 5) is 14.5. The van der Waals surface area contributed by atoms with Crippen molar-refractivity contribution >= 4 is 27.7 Å². The van der Waals surface area contributed by atoms with Gasteiger partial charge in [0.25, 0.3) is 0 Å². The molecule has 0 spiro atoms. The molecule has 2 aromatic rings. The lowest BCUT2D eigenvalue weighted by molar-refractivity contribution is -0.107. The molecule has 0 aromatic carbocycles. The van der Waals surface area contributed by atoms with Crippen molar-refractivity contribution in [3.05, 3.63) is 34.8 Å². The average Bonchev–Trinajstić information content (AvgIpc) is 2.51. The molecule has 2 aromatic heterocycles. The molecule has 13 heavy (non-hydrogen) atoms. The van der Waals surface area contributed by atoms with Crippen LogP contribution in [0.25, 0.3) is 5.52 Å². The fourth-order valence-corrected chi connectivity index (χ4v) is 1.85. The Morgan fingerprint density at radius 2 is 2.38 bits per heavy atom. The van der Waals surface area contributed by atoms with E-state index in [-0.39, 0.29) is 0 Å². The smallest absolute Gasteiger partial charge is 0.127 e. The topological polar surface area (TPSA) is 34.4 Å². The van der Waals surface area contributed by atoms with Gasteiger partial charge in [-0.1, -0.05) is 6.07 Å². The zero-order valence-corrected chi connectivity index (χ0v) is 8.36. The van der Waals surface area contributed by atoms with Gasteiger partial charge in [-0.15, -0.1) is 0 Å². The van der Waals surface area contributed by atoms with Crippen molar-refractivity contribution in [1.29, 1.82) is 0 Å². The van der Waals surface area contributed by atoms with Gasteiger partial charge in [-0.3, -0.25) is 4.40 Å². The molecule has 0 saturated heterocycles. The summed E-state index contributed by atoms with van der Waals surface area (Å²) in [7, 11) is 0. The van der Waals surface area contributed by atoms with Gasteiger partial charge >= 0.3 is 0 Å². The van der Waals surface area contributed by atoms with Crippen molar-refractivity contribution in [3.8, 4) is 0 Å². The van der Waals surface area contributed by atoms with Crippen molar-refractivity contribution in [2.24, 2.45) is 0 Å². The molecule has 0 radical (unpaired) electrons. The second-order valence-corrected chi connectivity index (χ2v) is 3.47. The number of nitrogens with zero attached hydrogens (tertiary/aromatic N) is 2. The second kappa shape index (κ2) is 3.30. The zero-order chi connectivity index (χ0) is 9.26. The summed E-state index contributed by atoms with van der Waals surface area (Å²) in [5.74, 6) is 0.762. The van der Waals surface area contributed by atoms with Crippen molar-refractivity contribution < 1.29 is 4.79 Å². The minimum absolute atomic E-state index is 0.344. The molecule has 2 rings (SSSR count). The van der Waals surface area contributed by atoms with E-state index in [2.05, 4.69) is 20.9 Å². The number of hydrogen-bond donors (Lipinski definition) is 0. The van der Waals surface area contributed by atoms with E-state index in [0.717, 1.165) is 22.2 Å². The number of hydrogen-bond acceptors (Lipinski definition) is 2. The lowest BCUT2D eigenvalue weighted by Gasteiger charge is -1.99. The zero-order valence-electron chi connectivity index (χ0n) is 6.77. The first-order chi connectivity index (χ1) is 6.33. The predicted molar refractivity (Wildman–Crippen MR) is 52.7 cm³/mol. The second-order valence-electron chi connectivity index (χ2n) is 2.65. The van der Waals surface area contributed by atoms with E-state index in [1.807, 2.05) is 22.6 Å². The Morgan fingerprint density at radius 1 is 1.54 bits per heavy atom. The molecule has 0 saturated carbocycles. The first kappa shape index (κ1) is 8.44. The highest BCUT2D eigenvalue weighted by Crippen LogP contribution is 2.15. The molecule has 3 nitrogen and oxygen atoms in total. The molecule has 2 heterocycles. The number of carbonyl (C=O) groups excluding carboxylic acids is 1. The molecule has 66 valence electrons. The van der Waals surface area contributed by atoms with Crippen molar-refractivity contribution in [1.82, 2.24) is 9.38 Å². The first-order valence-corrected chi connectivity index (χ1v) is 4.66. The van der Waals surface area contributed by atoms with Crippen LogP contribution in [0.3, 0.4) is 0 Å². The number of fused-ring (bicyclic) bond motifs is 1. The molecule has 0 aliphatic heterocycles. The first-order valence-electron chi connectivity index (χ1n) is 3.87. The molecule has 0 aliphatic rings. The quantitative estimate of drug-likeness (QED) is 0.591. The minimum atomic E-state index is 0.344. The summed E-state index contributed by atoms with van der Waals surface area (Å²) in [6.45, 7) is 0. The van der Waals surface area contributed by atoms with Crippen LogP contribution in [0.4, 0.5) is 0 Å². The standard InChI is InChI=1S/C9H7BrN2O/c10-8-3-1-2-7-6-11-9(4-5-13)12(7)8/h1-3,5-6H,4H2. The number of pyridine rings is 1. The van der Waals surface area contributed by atoms with E-state index >= 15 is 0 Å². The van der Waals surface area contributed by atoms with Crippen LogP contribution in [0.2, 0.25) is 0 Å². The normalized spacial score (nSPS) is 10.5. The van der Waals surface area contributed by atoms with Gasteiger partial charge in [0.05, 0.1) is 22.7 Å². The van der Waals surface area contributed by atoms with Crippen molar-refractivity contribution in [2.75, 3.05) is 0 Å². The van der Waals surface area contributed by atoms with E-state index in [0.29, 0.717) is 6.42 Å². The van der Waals surface area contributed by atoms with E-state index < -0.39 is 0 Å². The Hall–Kier alpha value is -1.16. The summed E-state index contributed by atoms with van der Waals surface area (Å²) in [6.07, 6.45) is 2.95. The Morgan fingerprint density at radius 3 is 3.15 bits per heavy atom. The Kier molecular flexibility index (Phi) is 2.14. The van der Waals surface area contributed by atoms with Gasteiger partial charge in [-0.05, 0) is 28.1 Å². The highest BCUT2D eigenvalue weighted by atomic mass is 79.9. The maximum Gasteiger partial charge on any atom is 0.127 e. The van der Waals surface area contributed by atoms with Crippen LogP contribution in [0, 0.1) is 0 Å². The van der Waals surface area contributed by atoms with E-state index in [1.54, 1.807) is 6.20 Å². The lowest BCUT2D eigenvalue weighted by atomic mass is 10.4. The SMILES string of the molecule is O=CCc1ncc2cccc(Br)n12.